The van der Waals surface area contributed by atoms with Crippen molar-refractivity contribution in [2.75, 3.05) is 12.8 Å². The Balaban J connectivity index is 2.56. The van der Waals surface area contributed by atoms with Gasteiger partial charge in [0.2, 0.25) is 0 Å². The molecule has 4 heteroatoms. The molecule has 96 valence electrons. The standard InChI is InChI=1S/C14H19N3O/c1-14(2,3)17-9-16-12(13(17)15)10-7-5-6-8-11(10)18-4/h5-9H,15H2,1-4H3. The number of nitrogens with two attached hydrogens (primary N) is 1. The quantitative estimate of drug-likeness (QED) is 0.885. The van der Waals surface area contributed by atoms with Crippen LogP contribution in [0.4, 0.5) is 5.82 Å². The maximum atomic E-state index is 6.19. The van der Waals surface area contributed by atoms with E-state index < -0.39 is 0 Å². The molecule has 2 N–H and O–H groups in total. The Morgan fingerprint density at radius 3 is 2.44 bits per heavy atom. The molecule has 2 aromatic rings. The molecule has 0 aliphatic carbocycles. The fourth-order valence-electron chi connectivity index (χ4n) is 1.94. The highest BCUT2D eigenvalue weighted by molar-refractivity contribution is 5.75. The van der Waals surface area contributed by atoms with Crippen molar-refractivity contribution in [1.82, 2.24) is 9.55 Å². The Labute approximate surface area is 107 Å². The smallest absolute Gasteiger partial charge is 0.132 e. The van der Waals surface area contributed by atoms with E-state index in [0.29, 0.717) is 5.82 Å². The molecular formula is C14H19N3O. The number of imidazole rings is 1. The van der Waals surface area contributed by atoms with Gasteiger partial charge in [-0.3, -0.25) is 0 Å². The second kappa shape index (κ2) is 4.37. The zero-order chi connectivity index (χ0) is 13.3. The Hall–Kier alpha value is -1.97. The van der Waals surface area contributed by atoms with Gasteiger partial charge in [-0.25, -0.2) is 4.98 Å². The lowest BCUT2D eigenvalue weighted by Crippen LogP contribution is -2.22. The number of ether oxygens (including phenoxy) is 1. The average molecular weight is 245 g/mol. The van der Waals surface area contributed by atoms with Crippen LogP contribution in [-0.4, -0.2) is 16.7 Å². The second-order valence-corrected chi connectivity index (χ2v) is 5.22. The van der Waals surface area contributed by atoms with Crippen LogP contribution in [0.2, 0.25) is 0 Å². The molecule has 0 saturated carbocycles. The number of aromatic nitrogens is 2. The maximum Gasteiger partial charge on any atom is 0.132 e. The molecule has 0 atom stereocenters. The van der Waals surface area contributed by atoms with E-state index >= 15 is 0 Å². The summed E-state index contributed by atoms with van der Waals surface area (Å²) in [5, 5.41) is 0. The van der Waals surface area contributed by atoms with E-state index in [1.54, 1.807) is 13.4 Å². The molecule has 0 radical (unpaired) electrons. The lowest BCUT2D eigenvalue weighted by atomic mass is 10.1. The van der Waals surface area contributed by atoms with Crippen LogP contribution in [0.3, 0.4) is 0 Å². The summed E-state index contributed by atoms with van der Waals surface area (Å²) in [5.41, 5.74) is 7.79. The minimum atomic E-state index is -0.0860. The molecule has 0 saturated heterocycles. The van der Waals surface area contributed by atoms with Crippen molar-refractivity contribution in [3.63, 3.8) is 0 Å². The summed E-state index contributed by atoms with van der Waals surface area (Å²) >= 11 is 0. The summed E-state index contributed by atoms with van der Waals surface area (Å²) in [6, 6.07) is 7.75. The van der Waals surface area contributed by atoms with Gasteiger partial charge in [0.25, 0.3) is 0 Å². The highest BCUT2D eigenvalue weighted by atomic mass is 16.5. The number of para-hydroxylation sites is 1. The minimum absolute atomic E-state index is 0.0860. The van der Waals surface area contributed by atoms with Crippen molar-refractivity contribution in [1.29, 1.82) is 0 Å². The predicted molar refractivity (Wildman–Crippen MR) is 73.6 cm³/mol. The number of methoxy groups -OCH3 is 1. The second-order valence-electron chi connectivity index (χ2n) is 5.22. The summed E-state index contributed by atoms with van der Waals surface area (Å²) < 4.78 is 7.31. The van der Waals surface area contributed by atoms with E-state index in [-0.39, 0.29) is 5.54 Å². The SMILES string of the molecule is COc1ccccc1-c1ncn(C(C)(C)C)c1N. The highest BCUT2D eigenvalue weighted by Crippen LogP contribution is 2.34. The molecule has 0 spiro atoms. The van der Waals surface area contributed by atoms with Crippen molar-refractivity contribution in [3.8, 4) is 17.0 Å². The first kappa shape index (κ1) is 12.5. The summed E-state index contributed by atoms with van der Waals surface area (Å²) in [4.78, 5) is 4.42. The number of rotatable bonds is 2. The fourth-order valence-corrected chi connectivity index (χ4v) is 1.94. The van der Waals surface area contributed by atoms with Crippen LogP contribution in [-0.2, 0) is 5.54 Å². The van der Waals surface area contributed by atoms with E-state index in [1.165, 1.54) is 0 Å². The summed E-state index contributed by atoms with van der Waals surface area (Å²) in [5.74, 6) is 1.44. The van der Waals surface area contributed by atoms with Gasteiger partial charge in [0, 0.05) is 11.1 Å². The van der Waals surface area contributed by atoms with E-state index in [0.717, 1.165) is 17.0 Å². The van der Waals surface area contributed by atoms with Crippen molar-refractivity contribution in [2.24, 2.45) is 0 Å². The van der Waals surface area contributed by atoms with Gasteiger partial charge in [0.05, 0.1) is 13.4 Å². The molecule has 0 aliphatic heterocycles. The van der Waals surface area contributed by atoms with Gasteiger partial charge in [-0.05, 0) is 32.9 Å². The highest BCUT2D eigenvalue weighted by Gasteiger charge is 2.20. The van der Waals surface area contributed by atoms with Crippen molar-refractivity contribution in [3.05, 3.63) is 30.6 Å². The van der Waals surface area contributed by atoms with Crippen molar-refractivity contribution in [2.45, 2.75) is 26.3 Å². The molecule has 1 aromatic carbocycles. The first-order chi connectivity index (χ1) is 8.45. The molecule has 2 rings (SSSR count). The van der Waals surface area contributed by atoms with Gasteiger partial charge in [0.15, 0.2) is 0 Å². The third-order valence-corrected chi connectivity index (χ3v) is 2.89. The molecule has 18 heavy (non-hydrogen) atoms. The first-order valence-electron chi connectivity index (χ1n) is 5.92. The average Bonchev–Trinajstić information content (AvgIpc) is 2.70. The van der Waals surface area contributed by atoms with Gasteiger partial charge < -0.3 is 15.0 Å². The van der Waals surface area contributed by atoms with Crippen LogP contribution in [0.15, 0.2) is 30.6 Å². The Morgan fingerprint density at radius 2 is 1.89 bits per heavy atom. The van der Waals surface area contributed by atoms with Gasteiger partial charge in [0.1, 0.15) is 17.3 Å². The number of nitrogen functional groups attached to an aromatic ring is 1. The predicted octanol–water partition coefficient (Wildman–Crippen LogP) is 2.90. The monoisotopic (exact) mass is 245 g/mol. The molecule has 4 nitrogen and oxygen atoms in total. The van der Waals surface area contributed by atoms with Crippen LogP contribution >= 0.6 is 0 Å². The molecule has 0 bridgehead atoms. The topological polar surface area (TPSA) is 53.1 Å². The number of anilines is 1. The zero-order valence-corrected chi connectivity index (χ0v) is 11.3. The third-order valence-electron chi connectivity index (χ3n) is 2.89. The van der Waals surface area contributed by atoms with Crippen LogP contribution in [0, 0.1) is 0 Å². The maximum absolute atomic E-state index is 6.19. The Kier molecular flexibility index (Phi) is 3.03. The largest absolute Gasteiger partial charge is 0.496 e. The molecule has 0 unspecified atom stereocenters. The normalized spacial score (nSPS) is 11.6. The lowest BCUT2D eigenvalue weighted by Gasteiger charge is -2.22. The van der Waals surface area contributed by atoms with Gasteiger partial charge in [-0.2, -0.15) is 0 Å². The van der Waals surface area contributed by atoms with E-state index in [9.17, 15) is 0 Å². The van der Waals surface area contributed by atoms with Crippen LogP contribution in [0.1, 0.15) is 20.8 Å². The van der Waals surface area contributed by atoms with E-state index in [1.807, 2.05) is 28.8 Å². The Bertz CT molecular complexity index is 552. The molecule has 0 aliphatic rings. The van der Waals surface area contributed by atoms with Crippen LogP contribution < -0.4 is 10.5 Å². The third kappa shape index (κ3) is 2.06. The number of hydrogen-bond acceptors (Lipinski definition) is 3. The van der Waals surface area contributed by atoms with Crippen LogP contribution in [0.25, 0.3) is 11.3 Å². The Morgan fingerprint density at radius 1 is 1.22 bits per heavy atom. The minimum Gasteiger partial charge on any atom is -0.496 e. The molecule has 1 heterocycles. The van der Waals surface area contributed by atoms with E-state index in [4.69, 9.17) is 10.5 Å². The van der Waals surface area contributed by atoms with Gasteiger partial charge >= 0.3 is 0 Å². The molecule has 0 fully saturated rings. The summed E-state index contributed by atoms with van der Waals surface area (Å²) in [6.45, 7) is 6.28. The van der Waals surface area contributed by atoms with Crippen LogP contribution in [0.5, 0.6) is 5.75 Å². The fraction of sp³-hybridized carbons (Fsp3) is 0.357. The van der Waals surface area contributed by atoms with Gasteiger partial charge in [-0.15, -0.1) is 0 Å². The molecular weight excluding hydrogens is 226 g/mol. The summed E-state index contributed by atoms with van der Waals surface area (Å²) in [7, 11) is 1.65. The number of hydrogen-bond donors (Lipinski definition) is 1. The molecule has 0 amide bonds. The van der Waals surface area contributed by atoms with Crippen molar-refractivity contribution >= 4 is 5.82 Å². The number of benzene rings is 1. The zero-order valence-electron chi connectivity index (χ0n) is 11.3. The van der Waals surface area contributed by atoms with Crippen molar-refractivity contribution < 1.29 is 4.74 Å². The number of nitrogens with zero attached hydrogens (tertiary/aromatic N) is 2. The summed E-state index contributed by atoms with van der Waals surface area (Å²) in [6.07, 6.45) is 1.77. The van der Waals surface area contributed by atoms with Gasteiger partial charge in [-0.1, -0.05) is 12.1 Å². The van der Waals surface area contributed by atoms with E-state index in [2.05, 4.69) is 25.8 Å². The first-order valence-corrected chi connectivity index (χ1v) is 5.92. The molecule has 1 aromatic heterocycles. The lowest BCUT2D eigenvalue weighted by molar-refractivity contribution is 0.402.